The summed E-state index contributed by atoms with van der Waals surface area (Å²) >= 11 is 12.8. The van der Waals surface area contributed by atoms with E-state index < -0.39 is 140 Å². The second kappa shape index (κ2) is 22.2. The Kier molecular flexibility index (Phi) is 18.2. The van der Waals surface area contributed by atoms with Crippen molar-refractivity contribution in [2.75, 3.05) is 34.2 Å². The summed E-state index contributed by atoms with van der Waals surface area (Å²) in [5.41, 5.74) is -2.84. The predicted molar refractivity (Wildman–Crippen MR) is 233 cm³/mol. The van der Waals surface area contributed by atoms with Gasteiger partial charge in [-0.25, -0.2) is 13.2 Å². The smallest absolute Gasteiger partial charge is 0.344 e. The van der Waals surface area contributed by atoms with Crippen molar-refractivity contribution in [2.45, 2.75) is 153 Å². The first kappa shape index (κ1) is 54.3. The molecule has 0 spiro atoms. The van der Waals surface area contributed by atoms with Crippen LogP contribution in [0.15, 0.2) is 18.2 Å². The van der Waals surface area contributed by atoms with E-state index in [1.54, 1.807) is 40.0 Å². The predicted octanol–water partition coefficient (Wildman–Crippen LogP) is 5.46. The van der Waals surface area contributed by atoms with E-state index in [2.05, 4.69) is 16.0 Å². The van der Waals surface area contributed by atoms with Gasteiger partial charge in [0.15, 0.2) is 0 Å². The molecule has 1 saturated carbocycles. The zero-order valence-electron chi connectivity index (χ0n) is 38.2. The van der Waals surface area contributed by atoms with Crippen molar-refractivity contribution in [3.8, 4) is 0 Å². The molecule has 0 aromatic heterocycles. The van der Waals surface area contributed by atoms with Gasteiger partial charge >= 0.3 is 6.18 Å². The van der Waals surface area contributed by atoms with Crippen LogP contribution >= 0.6 is 23.2 Å². The van der Waals surface area contributed by atoms with E-state index in [-0.39, 0.29) is 49.6 Å². The quantitative estimate of drug-likeness (QED) is 0.262. The molecule has 2 heterocycles. The Balaban J connectivity index is 1.62. The number of nitrogens with one attached hydrogen (secondary N) is 3. The van der Waals surface area contributed by atoms with E-state index in [4.69, 9.17) is 23.2 Å². The van der Waals surface area contributed by atoms with Crippen molar-refractivity contribution in [1.82, 2.24) is 35.6 Å². The van der Waals surface area contributed by atoms with E-state index >= 15 is 0 Å². The molecule has 1 aromatic carbocycles. The summed E-state index contributed by atoms with van der Waals surface area (Å²) in [4.78, 5) is 102. The summed E-state index contributed by atoms with van der Waals surface area (Å²) < 4.78 is 86.4. The molecular weight excluding hydrogens is 923 g/mol. The van der Waals surface area contributed by atoms with Crippen LogP contribution in [0.4, 0.5) is 26.3 Å². The molecule has 7 amide bonds. The summed E-state index contributed by atoms with van der Waals surface area (Å²) in [5, 5.41) is 8.49. The molecular formula is C44H61Cl2F6N7O7. The van der Waals surface area contributed by atoms with Crippen LogP contribution in [0.1, 0.15) is 97.5 Å². The highest BCUT2D eigenvalue weighted by Crippen LogP contribution is 2.54. The molecule has 7 atom stereocenters. The monoisotopic (exact) mass is 983 g/mol. The van der Waals surface area contributed by atoms with Crippen LogP contribution in [0.5, 0.6) is 0 Å². The minimum absolute atomic E-state index is 0.00790. The van der Waals surface area contributed by atoms with Gasteiger partial charge in [0.05, 0.1) is 6.54 Å². The number of rotatable bonds is 10. The first-order valence-corrected chi connectivity index (χ1v) is 22.9. The standard InChI is InChI=1S/C44H61Cl2F6N7O7/c1-8-30-39(64)56(5)18-10-9-11-32(35(60)55-31(19-24(2)3)40(65)58(7)33(36(61)54-30)21-26-20-27(45)12-13-29(26)46)57(6)38(63)25(4)53-37(62)34-22-28(47)23-59(34)41(66)42(44(50,51)52)14-16-43(48,49)17-15-42/h12-13,20,24-25,28,30-34H,8-11,14-19,21-23H2,1-7H3,(H,53,62)(H,54,61)(H,55,60)/t25-,28+,30+,31-,32-,33-,34-/m0/s1. The second-order valence-electron chi connectivity index (χ2n) is 18.3. The van der Waals surface area contributed by atoms with Gasteiger partial charge in [0, 0.05) is 63.4 Å². The lowest BCUT2D eigenvalue weighted by atomic mass is 9.71. The summed E-state index contributed by atoms with van der Waals surface area (Å²) in [7, 11) is 4.19. The van der Waals surface area contributed by atoms with Gasteiger partial charge < -0.3 is 35.6 Å². The zero-order valence-corrected chi connectivity index (χ0v) is 39.7. The fraction of sp³-hybridized carbons (Fsp3) is 0.705. The maximum Gasteiger partial charge on any atom is 0.403 e. The van der Waals surface area contributed by atoms with Crippen molar-refractivity contribution in [3.63, 3.8) is 0 Å². The molecule has 370 valence electrons. The van der Waals surface area contributed by atoms with Crippen LogP contribution in [0.25, 0.3) is 0 Å². The van der Waals surface area contributed by atoms with Gasteiger partial charge in [-0.3, -0.25) is 33.6 Å². The van der Waals surface area contributed by atoms with Gasteiger partial charge in [-0.2, -0.15) is 13.2 Å². The lowest BCUT2D eigenvalue weighted by molar-refractivity contribution is -0.247. The van der Waals surface area contributed by atoms with E-state index in [9.17, 15) is 59.9 Å². The number of amides is 7. The molecule has 4 rings (SSSR count). The Morgan fingerprint density at radius 1 is 0.939 bits per heavy atom. The molecule has 2 aliphatic heterocycles. The highest BCUT2D eigenvalue weighted by Gasteiger charge is 2.65. The molecule has 0 radical (unpaired) electrons. The fourth-order valence-electron chi connectivity index (χ4n) is 8.87. The fourth-order valence-corrected chi connectivity index (χ4v) is 9.26. The molecule has 14 nitrogen and oxygen atoms in total. The Morgan fingerprint density at radius 3 is 2.15 bits per heavy atom. The van der Waals surface area contributed by atoms with Crippen molar-refractivity contribution < 1.29 is 59.9 Å². The minimum Gasteiger partial charge on any atom is -0.344 e. The Hall–Kier alpha value is -4.33. The topological polar surface area (TPSA) is 169 Å². The van der Waals surface area contributed by atoms with Gasteiger partial charge in [0.2, 0.25) is 47.3 Å². The Labute approximate surface area is 391 Å². The highest BCUT2D eigenvalue weighted by atomic mass is 35.5. The number of hydrogen-bond donors (Lipinski definition) is 3. The summed E-state index contributed by atoms with van der Waals surface area (Å²) in [5.74, 6) is -9.89. The van der Waals surface area contributed by atoms with Crippen LogP contribution in [-0.4, -0.2) is 150 Å². The molecule has 1 aliphatic carbocycles. The molecule has 3 fully saturated rings. The molecule has 3 N–H and O–H groups in total. The van der Waals surface area contributed by atoms with E-state index in [1.165, 1.54) is 32.0 Å². The number of carbonyl (C=O) groups is 7. The third-order valence-corrected chi connectivity index (χ3v) is 13.5. The molecule has 2 saturated heterocycles. The second-order valence-corrected chi connectivity index (χ2v) is 19.1. The molecule has 0 bridgehead atoms. The Morgan fingerprint density at radius 2 is 1.56 bits per heavy atom. The third-order valence-electron chi connectivity index (χ3n) is 12.9. The SMILES string of the molecule is CC[C@H]1NC(=O)[C@H](Cc2cc(Cl)ccc2Cl)N(C)C(=O)[C@H](CC(C)C)NC(=O)[C@@H](N(C)C(=O)[C@H](C)NC(=O)[C@@H]2C[C@@H](F)CN2C(=O)C2(C(F)(F)F)CCC(F)(F)CC2)CCCCN(C)C1=O. The summed E-state index contributed by atoms with van der Waals surface area (Å²) in [6.07, 6.45) is -12.2. The van der Waals surface area contributed by atoms with Gasteiger partial charge in [0.1, 0.15) is 47.8 Å². The summed E-state index contributed by atoms with van der Waals surface area (Å²) in [6, 6.07) is -3.44. The van der Waals surface area contributed by atoms with Gasteiger partial charge in [-0.05, 0) is 81.5 Å². The molecule has 1 aromatic rings. The maximum absolute atomic E-state index is 14.9. The van der Waals surface area contributed by atoms with Crippen molar-refractivity contribution in [3.05, 3.63) is 33.8 Å². The third kappa shape index (κ3) is 12.8. The molecule has 0 unspecified atom stereocenters. The highest BCUT2D eigenvalue weighted by molar-refractivity contribution is 6.33. The number of halogens is 8. The lowest BCUT2D eigenvalue weighted by Crippen LogP contribution is -2.61. The average molecular weight is 985 g/mol. The minimum atomic E-state index is -5.29. The van der Waals surface area contributed by atoms with E-state index in [1.807, 2.05) is 0 Å². The maximum atomic E-state index is 14.9. The first-order valence-electron chi connectivity index (χ1n) is 22.2. The van der Waals surface area contributed by atoms with Crippen molar-refractivity contribution in [1.29, 1.82) is 0 Å². The van der Waals surface area contributed by atoms with Crippen LogP contribution in [0.2, 0.25) is 10.0 Å². The first-order chi connectivity index (χ1) is 30.6. The largest absolute Gasteiger partial charge is 0.403 e. The number of likely N-dealkylation sites (tertiary alicyclic amines) is 1. The summed E-state index contributed by atoms with van der Waals surface area (Å²) in [6.45, 7) is 5.83. The molecule has 22 heteroatoms. The molecule has 3 aliphatic rings. The van der Waals surface area contributed by atoms with Gasteiger partial charge in [0.25, 0.3) is 0 Å². The number of alkyl halides is 6. The van der Waals surface area contributed by atoms with Crippen LogP contribution in [0.3, 0.4) is 0 Å². The Bertz CT molecular complexity index is 1970. The van der Waals surface area contributed by atoms with E-state index in [0.717, 1.165) is 9.80 Å². The van der Waals surface area contributed by atoms with Gasteiger partial charge in [-0.1, -0.05) is 44.0 Å². The van der Waals surface area contributed by atoms with Gasteiger partial charge in [-0.15, -0.1) is 0 Å². The lowest BCUT2D eigenvalue weighted by Gasteiger charge is -2.42. The van der Waals surface area contributed by atoms with Crippen molar-refractivity contribution >= 4 is 64.6 Å². The number of carbonyl (C=O) groups excluding carboxylic acids is 7. The number of benzene rings is 1. The number of nitrogens with zero attached hydrogens (tertiary/aromatic N) is 4. The number of hydrogen-bond acceptors (Lipinski definition) is 7. The average Bonchev–Trinajstić information content (AvgIpc) is 3.64. The molecule has 66 heavy (non-hydrogen) atoms. The van der Waals surface area contributed by atoms with E-state index in [0.29, 0.717) is 21.9 Å². The normalized spacial score (nSPS) is 26.5. The number of likely N-dealkylation sites (N-methyl/N-ethyl adjacent to an activating group) is 3. The van der Waals surface area contributed by atoms with Crippen molar-refractivity contribution in [2.24, 2.45) is 11.3 Å². The van der Waals surface area contributed by atoms with Crippen LogP contribution < -0.4 is 16.0 Å². The zero-order chi connectivity index (χ0) is 49.6. The van der Waals surface area contributed by atoms with Crippen LogP contribution in [0, 0.1) is 11.3 Å². The van der Waals surface area contributed by atoms with Crippen LogP contribution in [-0.2, 0) is 40.0 Å².